The number of hydrogen-bond donors (Lipinski definition) is 1. The first-order valence-corrected chi connectivity index (χ1v) is 10.7. The van der Waals surface area contributed by atoms with Gasteiger partial charge in [0.25, 0.3) is 5.91 Å². The Morgan fingerprint density at radius 1 is 1.27 bits per heavy atom. The topological polar surface area (TPSA) is 118 Å². The van der Waals surface area contributed by atoms with Crippen LogP contribution < -0.4 is 5.32 Å². The highest BCUT2D eigenvalue weighted by Gasteiger charge is 2.36. The summed E-state index contributed by atoms with van der Waals surface area (Å²) >= 11 is 0. The molecule has 0 aliphatic carbocycles. The van der Waals surface area contributed by atoms with Gasteiger partial charge in [-0.2, -0.15) is 0 Å². The molecule has 1 N–H and O–H groups in total. The third-order valence-electron chi connectivity index (χ3n) is 5.44. The number of nitrogens with zero attached hydrogens (tertiary/aromatic N) is 4. The van der Waals surface area contributed by atoms with E-state index in [2.05, 4.69) is 10.3 Å². The number of carbonyl (C=O) groups is 2. The average Bonchev–Trinajstić information content (AvgIpc) is 3.26. The summed E-state index contributed by atoms with van der Waals surface area (Å²) < 4.78 is 5.41. The smallest absolute Gasteiger partial charge is 0.410 e. The summed E-state index contributed by atoms with van der Waals surface area (Å²) in [6, 6.07) is 8.59. The first-order valence-electron chi connectivity index (χ1n) is 10.7. The van der Waals surface area contributed by atoms with Gasteiger partial charge in [-0.15, -0.1) is 0 Å². The second-order valence-corrected chi connectivity index (χ2v) is 8.90. The number of anilines is 1. The van der Waals surface area contributed by atoms with Crippen LogP contribution >= 0.6 is 0 Å². The van der Waals surface area contributed by atoms with Crippen LogP contribution in [-0.2, 0) is 4.74 Å². The Balaban J connectivity index is 1.87. The largest absolute Gasteiger partial charge is 0.444 e. The lowest BCUT2D eigenvalue weighted by atomic mass is 10.1. The number of carbonyl (C=O) groups excluding carboxylic acids is 2. The number of ether oxygens (including phenoxy) is 1. The van der Waals surface area contributed by atoms with E-state index in [0.717, 1.165) is 0 Å². The standard InChI is InChI=1S/C23H29N5O5/c1-23(2,3)33-22(30)26(5)16-11-12-27(14-16)21(29)17-13-25-18(15-9-7-6-8-10-15)20(28(31)32)19(17)24-4/h6-10,13,16H,11-12,14H2,1-5H3,(H,24,25). The number of aromatic nitrogens is 1. The molecule has 1 saturated heterocycles. The molecule has 1 aliphatic rings. The number of nitro groups is 1. The zero-order valence-electron chi connectivity index (χ0n) is 19.5. The summed E-state index contributed by atoms with van der Waals surface area (Å²) in [5, 5.41) is 14.8. The zero-order chi connectivity index (χ0) is 24.3. The van der Waals surface area contributed by atoms with E-state index in [1.165, 1.54) is 18.1 Å². The van der Waals surface area contributed by atoms with Gasteiger partial charge < -0.3 is 19.9 Å². The summed E-state index contributed by atoms with van der Waals surface area (Å²) in [4.78, 5) is 44.5. The van der Waals surface area contributed by atoms with Crippen molar-refractivity contribution in [1.29, 1.82) is 0 Å². The van der Waals surface area contributed by atoms with Crippen LogP contribution in [0.5, 0.6) is 0 Å². The SMILES string of the molecule is CNc1c(C(=O)N2CCC(N(C)C(=O)OC(C)(C)C)C2)cnc(-c2ccccc2)c1[N+](=O)[O-]. The molecule has 2 aromatic rings. The van der Waals surface area contributed by atoms with Gasteiger partial charge in [-0.25, -0.2) is 9.78 Å². The molecule has 0 spiro atoms. The van der Waals surface area contributed by atoms with Crippen LogP contribution in [0.1, 0.15) is 37.6 Å². The molecule has 2 heterocycles. The minimum Gasteiger partial charge on any atom is -0.444 e. The molecule has 33 heavy (non-hydrogen) atoms. The Bertz CT molecular complexity index is 1050. The number of benzene rings is 1. The van der Waals surface area contributed by atoms with Gasteiger partial charge in [0.1, 0.15) is 17.0 Å². The Morgan fingerprint density at radius 2 is 1.94 bits per heavy atom. The molecule has 1 aromatic carbocycles. The average molecular weight is 456 g/mol. The van der Waals surface area contributed by atoms with E-state index in [1.54, 1.807) is 57.0 Å². The molecule has 0 radical (unpaired) electrons. The molecule has 1 aliphatic heterocycles. The van der Waals surface area contributed by atoms with Crippen LogP contribution in [-0.4, -0.2) is 70.5 Å². The molecule has 2 amide bonds. The lowest BCUT2D eigenvalue weighted by Crippen LogP contribution is -2.42. The minimum atomic E-state index is -0.619. The van der Waals surface area contributed by atoms with E-state index in [9.17, 15) is 19.7 Å². The lowest BCUT2D eigenvalue weighted by molar-refractivity contribution is -0.383. The maximum Gasteiger partial charge on any atom is 0.410 e. The Morgan fingerprint density at radius 3 is 2.52 bits per heavy atom. The number of rotatable bonds is 5. The van der Waals surface area contributed by atoms with Gasteiger partial charge in [0, 0.05) is 38.9 Å². The van der Waals surface area contributed by atoms with Crippen molar-refractivity contribution in [3.8, 4) is 11.3 Å². The molecule has 0 bridgehead atoms. The maximum absolute atomic E-state index is 13.3. The molecular weight excluding hydrogens is 426 g/mol. The van der Waals surface area contributed by atoms with Gasteiger partial charge in [-0.1, -0.05) is 30.3 Å². The van der Waals surface area contributed by atoms with Crippen molar-refractivity contribution in [3.05, 3.63) is 52.2 Å². The fourth-order valence-electron chi connectivity index (χ4n) is 3.80. The van der Waals surface area contributed by atoms with Gasteiger partial charge in [0.15, 0.2) is 0 Å². The molecule has 1 unspecified atom stereocenters. The minimum absolute atomic E-state index is 0.114. The number of hydrogen-bond acceptors (Lipinski definition) is 7. The quantitative estimate of drug-likeness (QED) is 0.538. The van der Waals surface area contributed by atoms with Crippen molar-refractivity contribution in [1.82, 2.24) is 14.8 Å². The number of likely N-dealkylation sites (tertiary alicyclic amines) is 1. The predicted octanol–water partition coefficient (Wildman–Crippen LogP) is 3.78. The van der Waals surface area contributed by atoms with E-state index >= 15 is 0 Å². The van der Waals surface area contributed by atoms with Crippen LogP contribution in [0.4, 0.5) is 16.2 Å². The van der Waals surface area contributed by atoms with Crippen LogP contribution in [0.25, 0.3) is 11.3 Å². The second-order valence-electron chi connectivity index (χ2n) is 8.90. The van der Waals surface area contributed by atoms with Crippen molar-refractivity contribution in [2.75, 3.05) is 32.5 Å². The van der Waals surface area contributed by atoms with E-state index in [0.29, 0.717) is 25.1 Å². The molecule has 1 fully saturated rings. The number of nitrogens with one attached hydrogen (secondary N) is 1. The number of pyridine rings is 1. The van der Waals surface area contributed by atoms with Crippen LogP contribution in [0.2, 0.25) is 0 Å². The molecule has 1 aromatic heterocycles. The lowest BCUT2D eigenvalue weighted by Gasteiger charge is -2.28. The Hall–Kier alpha value is -3.69. The third-order valence-corrected chi connectivity index (χ3v) is 5.44. The Labute approximate surface area is 192 Å². The van der Waals surface area contributed by atoms with E-state index < -0.39 is 16.6 Å². The molecule has 10 heteroatoms. The number of likely N-dealkylation sites (N-methyl/N-ethyl adjacent to an activating group) is 1. The zero-order valence-corrected chi connectivity index (χ0v) is 19.5. The van der Waals surface area contributed by atoms with Crippen molar-refractivity contribution in [2.24, 2.45) is 0 Å². The number of amides is 2. The Kier molecular flexibility index (Phi) is 6.85. The summed E-state index contributed by atoms with van der Waals surface area (Å²) in [6.45, 7) is 6.09. The van der Waals surface area contributed by atoms with E-state index in [-0.39, 0.29) is 34.6 Å². The highest BCUT2D eigenvalue weighted by Crippen LogP contribution is 2.37. The van der Waals surface area contributed by atoms with Gasteiger partial charge >= 0.3 is 11.8 Å². The van der Waals surface area contributed by atoms with Gasteiger partial charge in [-0.05, 0) is 27.2 Å². The van der Waals surface area contributed by atoms with Crippen molar-refractivity contribution in [3.63, 3.8) is 0 Å². The molecular formula is C23H29N5O5. The molecule has 176 valence electrons. The van der Waals surface area contributed by atoms with Gasteiger partial charge in [0.2, 0.25) is 0 Å². The molecule has 0 saturated carbocycles. The van der Waals surface area contributed by atoms with Gasteiger partial charge in [-0.3, -0.25) is 14.9 Å². The first-order chi connectivity index (χ1) is 15.5. The predicted molar refractivity (Wildman–Crippen MR) is 124 cm³/mol. The fourth-order valence-corrected chi connectivity index (χ4v) is 3.80. The van der Waals surface area contributed by atoms with Crippen LogP contribution in [0, 0.1) is 10.1 Å². The molecule has 10 nitrogen and oxygen atoms in total. The summed E-state index contributed by atoms with van der Waals surface area (Å²) in [5.74, 6) is -0.380. The third kappa shape index (κ3) is 5.21. The van der Waals surface area contributed by atoms with Crippen molar-refractivity contribution >= 4 is 23.4 Å². The van der Waals surface area contributed by atoms with Gasteiger partial charge in [0.05, 0.1) is 16.5 Å². The highest BCUT2D eigenvalue weighted by molar-refractivity contribution is 6.03. The maximum atomic E-state index is 13.3. The monoisotopic (exact) mass is 455 g/mol. The van der Waals surface area contributed by atoms with Crippen LogP contribution in [0.15, 0.2) is 36.5 Å². The second kappa shape index (κ2) is 9.43. The first kappa shape index (κ1) is 24.0. The molecule has 3 rings (SSSR count). The highest BCUT2D eigenvalue weighted by atomic mass is 16.6. The normalized spacial score (nSPS) is 15.8. The van der Waals surface area contributed by atoms with E-state index in [4.69, 9.17) is 4.74 Å². The molecule has 1 atom stereocenters. The summed E-state index contributed by atoms with van der Waals surface area (Å²) in [7, 11) is 3.18. The van der Waals surface area contributed by atoms with Crippen molar-refractivity contribution in [2.45, 2.75) is 38.8 Å². The summed E-state index contributed by atoms with van der Waals surface area (Å²) in [6.07, 6.45) is 1.49. The summed E-state index contributed by atoms with van der Waals surface area (Å²) in [5.41, 5.74) is 0.125. The van der Waals surface area contributed by atoms with Crippen LogP contribution in [0.3, 0.4) is 0 Å². The fraction of sp³-hybridized carbons (Fsp3) is 0.435. The van der Waals surface area contributed by atoms with Crippen molar-refractivity contribution < 1.29 is 19.2 Å². The van der Waals surface area contributed by atoms with E-state index in [1.807, 2.05) is 6.07 Å².